The zero-order valence-corrected chi connectivity index (χ0v) is 17.1. The second-order valence-electron chi connectivity index (χ2n) is 7.68. The summed E-state index contributed by atoms with van der Waals surface area (Å²) in [5.41, 5.74) is 1.95. The summed E-state index contributed by atoms with van der Waals surface area (Å²) < 4.78 is 0. The van der Waals surface area contributed by atoms with Crippen molar-refractivity contribution in [3.63, 3.8) is 0 Å². The second-order valence-corrected chi connectivity index (χ2v) is 8.12. The number of rotatable bonds is 7. The largest absolute Gasteiger partial charge is 0.508 e. The molecule has 5 nitrogen and oxygen atoms in total. The van der Waals surface area contributed by atoms with Crippen LogP contribution in [-0.2, 0) is 17.9 Å². The summed E-state index contributed by atoms with van der Waals surface area (Å²) in [5.74, 6) is 0.349. The molecule has 2 atom stereocenters. The number of halogens is 1. The molecular formula is C22H28ClN3O2. The summed E-state index contributed by atoms with van der Waals surface area (Å²) in [6.07, 6.45) is 0.729. The Morgan fingerprint density at radius 1 is 1.25 bits per heavy atom. The molecule has 28 heavy (non-hydrogen) atoms. The number of nitrogens with zero attached hydrogens (tertiary/aromatic N) is 1. The fourth-order valence-electron chi connectivity index (χ4n) is 3.66. The van der Waals surface area contributed by atoms with E-state index in [-0.39, 0.29) is 29.8 Å². The van der Waals surface area contributed by atoms with Crippen molar-refractivity contribution in [2.75, 3.05) is 6.54 Å². The fourth-order valence-corrected chi connectivity index (χ4v) is 3.88. The topological polar surface area (TPSA) is 64.6 Å². The molecule has 0 spiro atoms. The highest BCUT2D eigenvalue weighted by Crippen LogP contribution is 2.23. The van der Waals surface area contributed by atoms with Gasteiger partial charge < -0.3 is 15.7 Å². The van der Waals surface area contributed by atoms with Gasteiger partial charge in [0, 0.05) is 42.3 Å². The first-order valence-electron chi connectivity index (χ1n) is 9.71. The third-order valence-electron chi connectivity index (χ3n) is 4.98. The van der Waals surface area contributed by atoms with Crippen molar-refractivity contribution in [2.45, 2.75) is 51.5 Å². The van der Waals surface area contributed by atoms with E-state index in [1.165, 1.54) is 0 Å². The SMILES string of the molecule is CC(C)NC(=O)[C@@H]1C[C@@H](NCc2ccccc2O)CN1Cc1cccc(Cl)c1. The lowest BCUT2D eigenvalue weighted by Crippen LogP contribution is -2.45. The van der Waals surface area contributed by atoms with Gasteiger partial charge in [-0.1, -0.05) is 41.9 Å². The molecule has 1 fully saturated rings. The normalized spacial score (nSPS) is 19.9. The van der Waals surface area contributed by atoms with Gasteiger partial charge in [0.2, 0.25) is 5.91 Å². The average molecular weight is 402 g/mol. The van der Waals surface area contributed by atoms with E-state index in [0.29, 0.717) is 18.1 Å². The number of para-hydroxylation sites is 1. The van der Waals surface area contributed by atoms with Crippen LogP contribution in [0.2, 0.25) is 5.02 Å². The van der Waals surface area contributed by atoms with Crippen molar-refractivity contribution in [1.82, 2.24) is 15.5 Å². The van der Waals surface area contributed by atoms with Gasteiger partial charge in [-0.15, -0.1) is 0 Å². The Morgan fingerprint density at radius 2 is 2.04 bits per heavy atom. The minimum atomic E-state index is -0.191. The number of phenols is 1. The van der Waals surface area contributed by atoms with Crippen LogP contribution >= 0.6 is 11.6 Å². The van der Waals surface area contributed by atoms with Crippen LogP contribution in [0.25, 0.3) is 0 Å². The van der Waals surface area contributed by atoms with E-state index in [1.807, 2.05) is 56.3 Å². The highest BCUT2D eigenvalue weighted by molar-refractivity contribution is 6.30. The molecule has 2 aromatic rings. The van der Waals surface area contributed by atoms with E-state index >= 15 is 0 Å². The van der Waals surface area contributed by atoms with Crippen LogP contribution in [-0.4, -0.2) is 40.6 Å². The quantitative estimate of drug-likeness (QED) is 0.666. The number of likely N-dealkylation sites (tertiary alicyclic amines) is 1. The monoisotopic (exact) mass is 401 g/mol. The summed E-state index contributed by atoms with van der Waals surface area (Å²) >= 11 is 6.13. The maximum Gasteiger partial charge on any atom is 0.237 e. The molecule has 1 aliphatic rings. The number of benzene rings is 2. The molecule has 1 amide bonds. The molecule has 0 aromatic heterocycles. The van der Waals surface area contributed by atoms with Gasteiger partial charge in [-0.05, 0) is 44.0 Å². The smallest absolute Gasteiger partial charge is 0.237 e. The highest BCUT2D eigenvalue weighted by atomic mass is 35.5. The lowest BCUT2D eigenvalue weighted by molar-refractivity contribution is -0.126. The molecule has 1 heterocycles. The summed E-state index contributed by atoms with van der Waals surface area (Å²) in [7, 11) is 0. The number of nitrogens with one attached hydrogen (secondary N) is 2. The van der Waals surface area contributed by atoms with Crippen LogP contribution in [0.15, 0.2) is 48.5 Å². The third kappa shape index (κ3) is 5.47. The predicted molar refractivity (Wildman–Crippen MR) is 112 cm³/mol. The standard InChI is InChI=1S/C22H28ClN3O2/c1-15(2)25-22(28)20-11-19(24-12-17-7-3-4-9-21(17)27)14-26(20)13-16-6-5-8-18(23)10-16/h3-10,15,19-20,24,27H,11-14H2,1-2H3,(H,25,28)/t19-,20+/m1/s1. The summed E-state index contributed by atoms with van der Waals surface area (Å²) in [6, 6.07) is 15.2. The molecule has 0 bridgehead atoms. The van der Waals surface area contributed by atoms with E-state index in [9.17, 15) is 9.90 Å². The number of phenolic OH excluding ortho intramolecular Hbond substituents is 1. The van der Waals surface area contributed by atoms with E-state index in [4.69, 9.17) is 11.6 Å². The van der Waals surface area contributed by atoms with Crippen molar-refractivity contribution in [3.8, 4) is 5.75 Å². The zero-order valence-electron chi connectivity index (χ0n) is 16.4. The molecule has 0 saturated carbocycles. The van der Waals surface area contributed by atoms with Crippen LogP contribution in [0.3, 0.4) is 0 Å². The predicted octanol–water partition coefficient (Wildman–Crippen LogP) is 3.30. The Morgan fingerprint density at radius 3 is 2.75 bits per heavy atom. The lowest BCUT2D eigenvalue weighted by atomic mass is 10.1. The molecule has 1 aliphatic heterocycles. The summed E-state index contributed by atoms with van der Waals surface area (Å²) in [6.45, 7) is 5.95. The number of hydrogen-bond donors (Lipinski definition) is 3. The first-order valence-corrected chi connectivity index (χ1v) is 10.1. The molecule has 0 unspecified atom stereocenters. The zero-order chi connectivity index (χ0) is 20.1. The molecule has 0 radical (unpaired) electrons. The number of amides is 1. The Bertz CT molecular complexity index is 812. The van der Waals surface area contributed by atoms with Crippen LogP contribution in [0.1, 0.15) is 31.4 Å². The van der Waals surface area contributed by atoms with E-state index in [2.05, 4.69) is 15.5 Å². The highest BCUT2D eigenvalue weighted by Gasteiger charge is 2.36. The van der Waals surface area contributed by atoms with Crippen molar-refractivity contribution >= 4 is 17.5 Å². The summed E-state index contributed by atoms with van der Waals surface area (Å²) in [4.78, 5) is 15.0. The fraction of sp³-hybridized carbons (Fsp3) is 0.409. The van der Waals surface area contributed by atoms with Gasteiger partial charge in [-0.25, -0.2) is 0 Å². The van der Waals surface area contributed by atoms with Crippen LogP contribution in [0, 0.1) is 0 Å². The molecule has 2 aromatic carbocycles. The second kappa shape index (κ2) is 9.41. The molecular weight excluding hydrogens is 374 g/mol. The van der Waals surface area contributed by atoms with Crippen molar-refractivity contribution in [2.24, 2.45) is 0 Å². The van der Waals surface area contributed by atoms with E-state index in [0.717, 1.165) is 24.1 Å². The molecule has 3 rings (SSSR count). The Kier molecular flexibility index (Phi) is 6.94. The van der Waals surface area contributed by atoms with Crippen LogP contribution in [0.4, 0.5) is 0 Å². The van der Waals surface area contributed by atoms with Crippen LogP contribution < -0.4 is 10.6 Å². The van der Waals surface area contributed by atoms with Crippen LogP contribution in [0.5, 0.6) is 5.75 Å². The van der Waals surface area contributed by atoms with Crippen molar-refractivity contribution in [1.29, 1.82) is 0 Å². The number of aromatic hydroxyl groups is 1. The molecule has 3 N–H and O–H groups in total. The number of hydrogen-bond acceptors (Lipinski definition) is 4. The van der Waals surface area contributed by atoms with Gasteiger partial charge >= 0.3 is 0 Å². The maximum atomic E-state index is 12.8. The van der Waals surface area contributed by atoms with Crippen molar-refractivity contribution in [3.05, 3.63) is 64.7 Å². The Balaban J connectivity index is 1.68. The first-order chi connectivity index (χ1) is 13.4. The van der Waals surface area contributed by atoms with Gasteiger partial charge in [0.1, 0.15) is 5.75 Å². The molecule has 0 aliphatic carbocycles. The Hall–Kier alpha value is -2.08. The Labute approximate surface area is 171 Å². The average Bonchev–Trinajstić information content (AvgIpc) is 3.03. The van der Waals surface area contributed by atoms with E-state index in [1.54, 1.807) is 6.07 Å². The van der Waals surface area contributed by atoms with Crippen molar-refractivity contribution < 1.29 is 9.90 Å². The van der Waals surface area contributed by atoms with Gasteiger partial charge in [-0.2, -0.15) is 0 Å². The van der Waals surface area contributed by atoms with Gasteiger partial charge in [-0.3, -0.25) is 9.69 Å². The number of carbonyl (C=O) groups excluding carboxylic acids is 1. The maximum absolute atomic E-state index is 12.8. The minimum Gasteiger partial charge on any atom is -0.508 e. The molecule has 150 valence electrons. The van der Waals surface area contributed by atoms with Gasteiger partial charge in [0.15, 0.2) is 0 Å². The first kappa shape index (κ1) is 20.6. The lowest BCUT2D eigenvalue weighted by Gasteiger charge is -2.24. The molecule has 6 heteroatoms. The minimum absolute atomic E-state index is 0.0592. The van der Waals surface area contributed by atoms with Gasteiger partial charge in [0.05, 0.1) is 6.04 Å². The summed E-state index contributed by atoms with van der Waals surface area (Å²) in [5, 5.41) is 17.2. The van der Waals surface area contributed by atoms with Gasteiger partial charge in [0.25, 0.3) is 0 Å². The van der Waals surface area contributed by atoms with E-state index < -0.39 is 0 Å². The molecule has 1 saturated heterocycles. The third-order valence-corrected chi connectivity index (χ3v) is 5.22. The number of carbonyl (C=O) groups is 1.